The van der Waals surface area contributed by atoms with Crippen molar-refractivity contribution in [3.8, 4) is 0 Å². The van der Waals surface area contributed by atoms with Gasteiger partial charge in [0.1, 0.15) is 11.6 Å². The summed E-state index contributed by atoms with van der Waals surface area (Å²) in [5, 5.41) is 3.15. The van der Waals surface area contributed by atoms with E-state index in [1.54, 1.807) is 18.2 Å². The molecule has 1 aliphatic heterocycles. The van der Waals surface area contributed by atoms with Crippen LogP contribution >= 0.6 is 0 Å². The van der Waals surface area contributed by atoms with E-state index in [0.717, 1.165) is 24.1 Å². The van der Waals surface area contributed by atoms with Gasteiger partial charge in [-0.25, -0.2) is 8.78 Å². The fraction of sp³-hybridized carbons (Fsp3) is 0.400. The van der Waals surface area contributed by atoms with Gasteiger partial charge in [-0.2, -0.15) is 0 Å². The van der Waals surface area contributed by atoms with Gasteiger partial charge in [-0.1, -0.05) is 38.1 Å². The van der Waals surface area contributed by atoms with Crippen LogP contribution in [0.3, 0.4) is 0 Å². The second-order valence-electron chi connectivity index (χ2n) is 7.11. The Labute approximate surface area is 142 Å². The maximum absolute atomic E-state index is 14.6. The highest BCUT2D eigenvalue weighted by Gasteiger charge is 2.40. The minimum absolute atomic E-state index is 0.0643. The first-order valence-corrected chi connectivity index (χ1v) is 8.40. The Morgan fingerprint density at radius 2 is 1.92 bits per heavy atom. The van der Waals surface area contributed by atoms with Gasteiger partial charge in [0, 0.05) is 12.0 Å². The Morgan fingerprint density at radius 1 is 1.17 bits per heavy atom. The van der Waals surface area contributed by atoms with Gasteiger partial charge in [0.2, 0.25) is 0 Å². The van der Waals surface area contributed by atoms with Crippen molar-refractivity contribution in [3.05, 3.63) is 65.2 Å². The lowest BCUT2D eigenvalue weighted by molar-refractivity contribution is 0.492. The molecule has 0 aromatic heterocycles. The number of hydrogen-bond donors (Lipinski definition) is 1. The van der Waals surface area contributed by atoms with E-state index in [0.29, 0.717) is 12.2 Å². The molecule has 3 rings (SSSR count). The van der Waals surface area contributed by atoms with Crippen LogP contribution in [0.15, 0.2) is 42.5 Å². The van der Waals surface area contributed by atoms with Crippen LogP contribution in [0.4, 0.5) is 14.5 Å². The Morgan fingerprint density at radius 3 is 2.62 bits per heavy atom. The minimum Gasteiger partial charge on any atom is -0.361 e. The van der Waals surface area contributed by atoms with Crippen molar-refractivity contribution in [1.82, 2.24) is 5.32 Å². The molecule has 0 saturated carbocycles. The number of para-hydroxylation sites is 1. The average molecular weight is 330 g/mol. The van der Waals surface area contributed by atoms with E-state index in [1.807, 2.05) is 19.2 Å². The molecule has 0 fully saturated rings. The van der Waals surface area contributed by atoms with Crippen LogP contribution in [0.25, 0.3) is 0 Å². The summed E-state index contributed by atoms with van der Waals surface area (Å²) in [6.07, 6.45) is 0.782. The summed E-state index contributed by atoms with van der Waals surface area (Å²) < 4.78 is 28.4. The van der Waals surface area contributed by atoms with Gasteiger partial charge in [0.05, 0.1) is 11.7 Å². The van der Waals surface area contributed by atoms with E-state index in [9.17, 15) is 8.78 Å². The summed E-state index contributed by atoms with van der Waals surface area (Å²) in [7, 11) is 1.89. The van der Waals surface area contributed by atoms with Gasteiger partial charge in [0.15, 0.2) is 0 Å². The predicted molar refractivity (Wildman–Crippen MR) is 94.5 cm³/mol. The number of hydrogen-bond acceptors (Lipinski definition) is 2. The molecule has 2 nitrogen and oxygen atoms in total. The van der Waals surface area contributed by atoms with E-state index in [1.165, 1.54) is 12.1 Å². The first kappa shape index (κ1) is 16.9. The van der Waals surface area contributed by atoms with E-state index < -0.39 is 0 Å². The number of benzene rings is 2. The molecule has 1 N–H and O–H groups in total. The fourth-order valence-electron chi connectivity index (χ4n) is 3.71. The van der Waals surface area contributed by atoms with Crippen LogP contribution in [0, 0.1) is 11.6 Å². The molecule has 24 heavy (non-hydrogen) atoms. The average Bonchev–Trinajstić information content (AvgIpc) is 2.81. The fourth-order valence-corrected chi connectivity index (χ4v) is 3.71. The summed E-state index contributed by atoms with van der Waals surface area (Å²) in [6.45, 7) is 5.76. The molecule has 4 heteroatoms. The summed E-state index contributed by atoms with van der Waals surface area (Å²) in [6, 6.07) is 11.9. The molecule has 2 aromatic carbocycles. The van der Waals surface area contributed by atoms with Crippen molar-refractivity contribution < 1.29 is 8.78 Å². The first-order chi connectivity index (χ1) is 11.4. The highest BCUT2D eigenvalue weighted by Crippen LogP contribution is 2.46. The van der Waals surface area contributed by atoms with Gasteiger partial charge in [-0.3, -0.25) is 0 Å². The lowest BCUT2D eigenvalue weighted by Crippen LogP contribution is -2.34. The van der Waals surface area contributed by atoms with Crippen LogP contribution < -0.4 is 10.2 Å². The van der Waals surface area contributed by atoms with Crippen LogP contribution in [-0.4, -0.2) is 20.1 Å². The topological polar surface area (TPSA) is 15.3 Å². The minimum atomic E-state index is -0.255. The van der Waals surface area contributed by atoms with Gasteiger partial charge < -0.3 is 10.2 Å². The molecule has 0 unspecified atom stereocenters. The third-order valence-electron chi connectivity index (χ3n) is 4.85. The van der Waals surface area contributed by atoms with E-state index in [-0.39, 0.29) is 23.1 Å². The van der Waals surface area contributed by atoms with Gasteiger partial charge in [0.25, 0.3) is 0 Å². The van der Waals surface area contributed by atoms with Gasteiger partial charge in [-0.05, 0) is 49.3 Å². The molecule has 1 atom stereocenters. The zero-order valence-electron chi connectivity index (χ0n) is 14.4. The second kappa shape index (κ2) is 6.52. The van der Waals surface area contributed by atoms with Gasteiger partial charge in [-0.15, -0.1) is 0 Å². The number of halogens is 2. The maximum Gasteiger partial charge on any atom is 0.146 e. The van der Waals surface area contributed by atoms with E-state index >= 15 is 0 Å². The quantitative estimate of drug-likeness (QED) is 0.873. The molecule has 128 valence electrons. The molecule has 1 aliphatic rings. The summed E-state index contributed by atoms with van der Waals surface area (Å²) in [5.74, 6) is -0.460. The lowest BCUT2D eigenvalue weighted by atomic mass is 9.87. The van der Waals surface area contributed by atoms with Gasteiger partial charge >= 0.3 is 0 Å². The van der Waals surface area contributed by atoms with E-state index in [2.05, 4.69) is 24.1 Å². The van der Waals surface area contributed by atoms with Crippen LogP contribution in [0.1, 0.15) is 37.4 Å². The smallest absolute Gasteiger partial charge is 0.146 e. The molecule has 0 bridgehead atoms. The first-order valence-electron chi connectivity index (χ1n) is 8.40. The Bertz CT molecular complexity index is 727. The van der Waals surface area contributed by atoms with Crippen molar-refractivity contribution in [3.63, 3.8) is 0 Å². The number of rotatable bonds is 5. The molecule has 0 saturated heterocycles. The molecule has 2 aromatic rings. The maximum atomic E-state index is 14.6. The van der Waals surface area contributed by atoms with Crippen molar-refractivity contribution >= 4 is 5.69 Å². The molecule has 1 heterocycles. The van der Waals surface area contributed by atoms with Crippen molar-refractivity contribution in [2.75, 3.05) is 25.0 Å². The number of fused-ring (bicyclic) bond motifs is 1. The lowest BCUT2D eigenvalue weighted by Gasteiger charge is -2.32. The monoisotopic (exact) mass is 330 g/mol. The molecular formula is C20H24F2N2. The van der Waals surface area contributed by atoms with E-state index in [4.69, 9.17) is 0 Å². The SMILES string of the molecule is CNCC[C@H](c1cccc(F)c1)N1CC(C)(C)c2cccc(F)c21. The normalized spacial score (nSPS) is 17.0. The predicted octanol–water partition coefficient (Wildman–Crippen LogP) is 4.41. The second-order valence-corrected chi connectivity index (χ2v) is 7.11. The standard InChI is InChI=1S/C20H24F2N2/c1-20(2)13-24(19-16(20)8-5-9-17(19)22)18(10-11-23-3)14-6-4-7-15(21)12-14/h4-9,12,18,23H,10-11,13H2,1-3H3/t18-/m1/s1. The van der Waals surface area contributed by atoms with Crippen molar-refractivity contribution in [1.29, 1.82) is 0 Å². The number of nitrogens with one attached hydrogen (secondary N) is 1. The Kier molecular flexibility index (Phi) is 4.59. The number of anilines is 1. The highest BCUT2D eigenvalue weighted by molar-refractivity contribution is 5.64. The van der Waals surface area contributed by atoms with Crippen LogP contribution in [-0.2, 0) is 5.41 Å². The summed E-state index contributed by atoms with van der Waals surface area (Å²) in [4.78, 5) is 2.11. The zero-order valence-corrected chi connectivity index (χ0v) is 14.4. The van der Waals surface area contributed by atoms with Crippen molar-refractivity contribution in [2.24, 2.45) is 0 Å². The molecular weight excluding hydrogens is 306 g/mol. The third-order valence-corrected chi connectivity index (χ3v) is 4.85. The molecule has 0 amide bonds. The highest BCUT2D eigenvalue weighted by atomic mass is 19.1. The van der Waals surface area contributed by atoms with Crippen LogP contribution in [0.5, 0.6) is 0 Å². The largest absolute Gasteiger partial charge is 0.361 e. The molecule has 0 radical (unpaired) electrons. The summed E-state index contributed by atoms with van der Waals surface area (Å²) in [5.41, 5.74) is 2.43. The Hall–Kier alpha value is -1.94. The van der Waals surface area contributed by atoms with Crippen LogP contribution in [0.2, 0.25) is 0 Å². The molecule has 0 spiro atoms. The zero-order chi connectivity index (χ0) is 17.3. The summed E-state index contributed by atoms with van der Waals surface area (Å²) >= 11 is 0. The number of nitrogens with zero attached hydrogens (tertiary/aromatic N) is 1. The molecule has 0 aliphatic carbocycles. The van der Waals surface area contributed by atoms with Crippen molar-refractivity contribution in [2.45, 2.75) is 31.7 Å². The third kappa shape index (κ3) is 3.03. The Balaban J connectivity index is 2.07.